The van der Waals surface area contributed by atoms with E-state index in [4.69, 9.17) is 9.47 Å². The number of methoxy groups -OCH3 is 2. The molecule has 2 heterocycles. The van der Waals surface area contributed by atoms with E-state index in [0.717, 1.165) is 12.8 Å². The molecule has 1 atom stereocenters. The van der Waals surface area contributed by atoms with Gasteiger partial charge in [-0.1, -0.05) is 0 Å². The lowest BCUT2D eigenvalue weighted by Gasteiger charge is -2.17. The molecule has 1 aliphatic carbocycles. The standard InChI is InChI=1S/C21H22N2O4S/c1-4-23-11-15(20(24)22-16-5-6-19-12(16)7-8-28-19)13-9-17(26-2)18(27-3)10-14(13)21(23)25/h7-11,16H,4-6H2,1-3H3,(H,22,24)/t16-/m0/s1. The van der Waals surface area contributed by atoms with Crippen LogP contribution in [0.15, 0.2) is 34.6 Å². The molecule has 6 nitrogen and oxygen atoms in total. The highest BCUT2D eigenvalue weighted by atomic mass is 32.1. The lowest BCUT2D eigenvalue weighted by molar-refractivity contribution is 0.0937. The number of fused-ring (bicyclic) bond motifs is 2. The Bertz CT molecular complexity index is 1120. The number of carbonyl (C=O) groups is 1. The highest BCUT2D eigenvalue weighted by molar-refractivity contribution is 7.10. The van der Waals surface area contributed by atoms with Crippen LogP contribution in [0.25, 0.3) is 10.8 Å². The number of ether oxygens (including phenoxy) is 2. The first-order chi connectivity index (χ1) is 13.6. The molecule has 7 heteroatoms. The van der Waals surface area contributed by atoms with Crippen molar-refractivity contribution in [2.45, 2.75) is 32.4 Å². The SMILES string of the molecule is CCn1cc(C(=O)N[C@H]2CCc3sccc32)c2cc(OC)c(OC)cc2c1=O. The molecule has 1 N–H and O–H groups in total. The molecule has 0 radical (unpaired) electrons. The van der Waals surface area contributed by atoms with Gasteiger partial charge < -0.3 is 19.4 Å². The summed E-state index contributed by atoms with van der Waals surface area (Å²) in [6.45, 7) is 2.35. The maximum atomic E-state index is 13.2. The topological polar surface area (TPSA) is 69.6 Å². The van der Waals surface area contributed by atoms with Crippen molar-refractivity contribution in [1.29, 1.82) is 0 Å². The number of hydrogen-bond acceptors (Lipinski definition) is 5. The van der Waals surface area contributed by atoms with Gasteiger partial charge in [0.2, 0.25) is 0 Å². The number of amides is 1. The van der Waals surface area contributed by atoms with Gasteiger partial charge in [-0.3, -0.25) is 9.59 Å². The van der Waals surface area contributed by atoms with Crippen LogP contribution in [-0.2, 0) is 13.0 Å². The minimum absolute atomic E-state index is 0.00551. The molecule has 146 valence electrons. The largest absolute Gasteiger partial charge is 0.493 e. The molecule has 0 aliphatic heterocycles. The fourth-order valence-corrected chi connectivity index (χ4v) is 4.78. The molecule has 0 saturated carbocycles. The summed E-state index contributed by atoms with van der Waals surface area (Å²) in [6.07, 6.45) is 3.52. The summed E-state index contributed by atoms with van der Waals surface area (Å²) in [4.78, 5) is 27.3. The normalized spacial score (nSPS) is 15.5. The van der Waals surface area contributed by atoms with E-state index >= 15 is 0 Å². The average molecular weight is 398 g/mol. The fraction of sp³-hybridized carbons (Fsp3) is 0.333. The third kappa shape index (κ3) is 2.96. The minimum atomic E-state index is -0.191. The second-order valence-electron chi connectivity index (χ2n) is 6.75. The summed E-state index contributed by atoms with van der Waals surface area (Å²) in [7, 11) is 3.06. The van der Waals surface area contributed by atoms with Crippen molar-refractivity contribution in [1.82, 2.24) is 9.88 Å². The molecule has 1 amide bonds. The molecule has 4 rings (SSSR count). The summed E-state index contributed by atoms with van der Waals surface area (Å²) in [5.74, 6) is 0.758. The Morgan fingerprint density at radius 1 is 1.25 bits per heavy atom. The van der Waals surface area contributed by atoms with Gasteiger partial charge in [0.05, 0.1) is 31.2 Å². The van der Waals surface area contributed by atoms with Gasteiger partial charge in [-0.2, -0.15) is 0 Å². The Kier molecular flexibility index (Phi) is 4.85. The Morgan fingerprint density at radius 3 is 2.64 bits per heavy atom. The molecule has 0 saturated heterocycles. The molecular weight excluding hydrogens is 376 g/mol. The maximum Gasteiger partial charge on any atom is 0.258 e. The van der Waals surface area contributed by atoms with E-state index in [1.54, 1.807) is 34.2 Å². The van der Waals surface area contributed by atoms with Crippen molar-refractivity contribution in [2.75, 3.05) is 14.2 Å². The van der Waals surface area contributed by atoms with Gasteiger partial charge in [0, 0.05) is 23.0 Å². The second-order valence-corrected chi connectivity index (χ2v) is 7.75. The third-order valence-electron chi connectivity index (χ3n) is 5.30. The molecule has 28 heavy (non-hydrogen) atoms. The van der Waals surface area contributed by atoms with Crippen LogP contribution in [0.2, 0.25) is 0 Å². The van der Waals surface area contributed by atoms with Gasteiger partial charge in [-0.25, -0.2) is 0 Å². The predicted molar refractivity (Wildman–Crippen MR) is 110 cm³/mol. The number of nitrogens with zero attached hydrogens (tertiary/aromatic N) is 1. The molecule has 0 bridgehead atoms. The molecule has 0 spiro atoms. The van der Waals surface area contributed by atoms with Crippen molar-refractivity contribution in [3.8, 4) is 11.5 Å². The van der Waals surface area contributed by atoms with Crippen LogP contribution in [0.1, 0.15) is 40.2 Å². The minimum Gasteiger partial charge on any atom is -0.493 e. The highest BCUT2D eigenvalue weighted by Crippen LogP contribution is 2.36. The summed E-state index contributed by atoms with van der Waals surface area (Å²) < 4.78 is 12.3. The van der Waals surface area contributed by atoms with Crippen molar-refractivity contribution < 1.29 is 14.3 Å². The highest BCUT2D eigenvalue weighted by Gasteiger charge is 2.26. The quantitative estimate of drug-likeness (QED) is 0.714. The first-order valence-electron chi connectivity index (χ1n) is 9.23. The molecule has 0 unspecified atom stereocenters. The van der Waals surface area contributed by atoms with Crippen molar-refractivity contribution in [2.24, 2.45) is 0 Å². The van der Waals surface area contributed by atoms with Crippen molar-refractivity contribution in [3.63, 3.8) is 0 Å². The Morgan fingerprint density at radius 2 is 1.96 bits per heavy atom. The van der Waals surface area contributed by atoms with Crippen LogP contribution in [0.4, 0.5) is 0 Å². The third-order valence-corrected chi connectivity index (χ3v) is 6.29. The zero-order chi connectivity index (χ0) is 19.8. The monoisotopic (exact) mass is 398 g/mol. The lowest BCUT2D eigenvalue weighted by atomic mass is 10.0. The molecule has 1 aliphatic rings. The number of aromatic nitrogens is 1. The second kappa shape index (κ2) is 7.31. The van der Waals surface area contributed by atoms with Crippen molar-refractivity contribution in [3.05, 3.63) is 56.1 Å². The van der Waals surface area contributed by atoms with Gasteiger partial charge in [0.25, 0.3) is 11.5 Å². The first kappa shape index (κ1) is 18.6. The Balaban J connectivity index is 1.82. The number of benzene rings is 1. The smallest absolute Gasteiger partial charge is 0.258 e. The summed E-state index contributed by atoms with van der Waals surface area (Å²) in [6, 6.07) is 5.43. The van der Waals surface area contributed by atoms with Crippen LogP contribution in [0, 0.1) is 0 Å². The van der Waals surface area contributed by atoms with E-state index in [2.05, 4.69) is 16.8 Å². The van der Waals surface area contributed by atoms with Crippen LogP contribution in [0.3, 0.4) is 0 Å². The molecule has 2 aromatic heterocycles. The van der Waals surface area contributed by atoms with Crippen LogP contribution in [0.5, 0.6) is 11.5 Å². The van der Waals surface area contributed by atoms with Gasteiger partial charge in [0.1, 0.15) is 0 Å². The van der Waals surface area contributed by atoms with Crippen LogP contribution >= 0.6 is 11.3 Å². The van der Waals surface area contributed by atoms with E-state index in [-0.39, 0.29) is 17.5 Å². The van der Waals surface area contributed by atoms with Gasteiger partial charge in [-0.05, 0) is 48.9 Å². The van der Waals surface area contributed by atoms with Gasteiger partial charge in [-0.15, -0.1) is 11.3 Å². The first-order valence-corrected chi connectivity index (χ1v) is 10.1. The average Bonchev–Trinajstić information content (AvgIpc) is 3.32. The van der Waals surface area contributed by atoms with E-state index in [1.807, 2.05) is 6.92 Å². The number of hydrogen-bond donors (Lipinski definition) is 1. The lowest BCUT2D eigenvalue weighted by Crippen LogP contribution is -2.29. The van der Waals surface area contributed by atoms with Crippen LogP contribution < -0.4 is 20.3 Å². The number of nitrogens with one attached hydrogen (secondary N) is 1. The maximum absolute atomic E-state index is 13.2. The van der Waals surface area contributed by atoms with E-state index in [0.29, 0.717) is 34.4 Å². The van der Waals surface area contributed by atoms with Gasteiger partial charge >= 0.3 is 0 Å². The fourth-order valence-electron chi connectivity index (χ4n) is 3.81. The van der Waals surface area contributed by atoms with E-state index in [1.165, 1.54) is 24.7 Å². The van der Waals surface area contributed by atoms with E-state index < -0.39 is 0 Å². The number of thiophene rings is 1. The number of pyridine rings is 1. The number of rotatable bonds is 5. The van der Waals surface area contributed by atoms with Crippen LogP contribution in [-0.4, -0.2) is 24.7 Å². The number of carbonyl (C=O) groups excluding carboxylic acids is 1. The zero-order valence-corrected chi connectivity index (χ0v) is 16.9. The van der Waals surface area contributed by atoms with Gasteiger partial charge in [0.15, 0.2) is 11.5 Å². The Hall–Kier alpha value is -2.80. The molecular formula is C21H22N2O4S. The molecule has 3 aromatic rings. The number of aryl methyl sites for hydroxylation is 2. The molecule has 1 aromatic carbocycles. The predicted octanol–water partition coefficient (Wildman–Crippen LogP) is 3.52. The van der Waals surface area contributed by atoms with Crippen molar-refractivity contribution >= 4 is 28.0 Å². The zero-order valence-electron chi connectivity index (χ0n) is 16.1. The summed E-state index contributed by atoms with van der Waals surface area (Å²) in [5.41, 5.74) is 1.50. The van der Waals surface area contributed by atoms with E-state index in [9.17, 15) is 9.59 Å². The summed E-state index contributed by atoms with van der Waals surface area (Å²) in [5, 5.41) is 6.21. The Labute approximate surface area is 166 Å². The summed E-state index contributed by atoms with van der Waals surface area (Å²) >= 11 is 1.73. The molecule has 0 fully saturated rings.